The second-order valence-corrected chi connectivity index (χ2v) is 2.73. The summed E-state index contributed by atoms with van der Waals surface area (Å²) in [5.74, 6) is 0. The van der Waals surface area contributed by atoms with Crippen LogP contribution in [0.25, 0.3) is 0 Å². The summed E-state index contributed by atoms with van der Waals surface area (Å²) in [5.41, 5.74) is 0. The lowest BCUT2D eigenvalue weighted by Crippen LogP contribution is -2.23. The molecule has 0 aliphatic heterocycles. The molecular formula is C7H11Cl2NO. The van der Waals surface area contributed by atoms with Gasteiger partial charge < -0.3 is 0 Å². The van der Waals surface area contributed by atoms with Crippen LogP contribution in [-0.4, -0.2) is 16.8 Å². The van der Waals surface area contributed by atoms with Crippen molar-refractivity contribution in [3.63, 3.8) is 0 Å². The highest BCUT2D eigenvalue weighted by atomic mass is 35.5. The number of carbonyl (C=O) groups is 1. The number of hydrogen-bond donors (Lipinski definition) is 0. The van der Waals surface area contributed by atoms with Crippen molar-refractivity contribution in [1.29, 1.82) is 0 Å². The zero-order valence-corrected chi connectivity index (χ0v) is 8.11. The van der Waals surface area contributed by atoms with Gasteiger partial charge in [-0.25, -0.2) is 0 Å². The van der Waals surface area contributed by atoms with Gasteiger partial charge >= 0.3 is 5.37 Å². The van der Waals surface area contributed by atoms with Crippen molar-refractivity contribution in [1.82, 2.24) is 4.90 Å². The average Bonchev–Trinajstić information content (AvgIpc) is 1.98. The van der Waals surface area contributed by atoms with Crippen molar-refractivity contribution in [2.24, 2.45) is 0 Å². The zero-order valence-electron chi connectivity index (χ0n) is 6.60. The number of allylic oxidation sites excluding steroid dienone is 1. The first-order valence-electron chi connectivity index (χ1n) is 3.42. The minimum atomic E-state index is -0.532. The SMILES string of the molecule is CC=C(Cl)N(CCC)C(=O)Cl. The standard InChI is InChI=1S/C7H11Cl2NO/c1-3-5-10(7(9)11)6(8)4-2/h4H,3,5H2,1-2H3. The molecule has 0 aromatic heterocycles. The maximum absolute atomic E-state index is 10.7. The number of hydrogen-bond acceptors (Lipinski definition) is 1. The van der Waals surface area contributed by atoms with Crippen LogP contribution in [0.5, 0.6) is 0 Å². The van der Waals surface area contributed by atoms with E-state index in [4.69, 9.17) is 23.2 Å². The van der Waals surface area contributed by atoms with E-state index in [-0.39, 0.29) is 0 Å². The normalized spacial score (nSPS) is 11.5. The predicted octanol–water partition coefficient (Wildman–Crippen LogP) is 3.16. The number of rotatable bonds is 3. The summed E-state index contributed by atoms with van der Waals surface area (Å²) in [6.07, 6.45) is 2.47. The number of halogens is 2. The molecule has 2 nitrogen and oxygen atoms in total. The smallest absolute Gasteiger partial charge is 0.289 e. The molecule has 0 saturated carbocycles. The molecule has 0 spiro atoms. The van der Waals surface area contributed by atoms with Crippen molar-refractivity contribution in [3.8, 4) is 0 Å². The van der Waals surface area contributed by atoms with E-state index >= 15 is 0 Å². The van der Waals surface area contributed by atoms with Gasteiger partial charge in [-0.2, -0.15) is 0 Å². The van der Waals surface area contributed by atoms with Gasteiger partial charge in [-0.1, -0.05) is 24.6 Å². The molecule has 64 valence electrons. The summed E-state index contributed by atoms with van der Waals surface area (Å²) in [7, 11) is 0. The van der Waals surface area contributed by atoms with E-state index < -0.39 is 5.37 Å². The van der Waals surface area contributed by atoms with Crippen LogP contribution in [0.1, 0.15) is 20.3 Å². The first-order valence-corrected chi connectivity index (χ1v) is 4.17. The van der Waals surface area contributed by atoms with Gasteiger partial charge in [0.1, 0.15) is 5.16 Å². The fourth-order valence-electron chi connectivity index (χ4n) is 0.658. The molecule has 0 aromatic carbocycles. The highest BCUT2D eigenvalue weighted by molar-refractivity contribution is 6.63. The zero-order chi connectivity index (χ0) is 8.85. The minimum absolute atomic E-state index is 0.381. The molecule has 0 rings (SSSR count). The minimum Gasteiger partial charge on any atom is -0.289 e. The van der Waals surface area contributed by atoms with Crippen molar-refractivity contribution in [2.75, 3.05) is 6.54 Å². The molecule has 0 saturated heterocycles. The lowest BCUT2D eigenvalue weighted by Gasteiger charge is -2.16. The molecule has 0 heterocycles. The van der Waals surface area contributed by atoms with Crippen LogP contribution in [-0.2, 0) is 0 Å². The van der Waals surface area contributed by atoms with E-state index in [1.165, 1.54) is 4.90 Å². The second kappa shape index (κ2) is 5.44. The Balaban J connectivity index is 4.21. The molecule has 0 aromatic rings. The lowest BCUT2D eigenvalue weighted by molar-refractivity contribution is 0.236. The molecule has 0 bridgehead atoms. The van der Waals surface area contributed by atoms with Crippen LogP contribution in [0.4, 0.5) is 4.79 Å². The van der Waals surface area contributed by atoms with Gasteiger partial charge in [0.2, 0.25) is 0 Å². The monoisotopic (exact) mass is 195 g/mol. The van der Waals surface area contributed by atoms with E-state index in [0.29, 0.717) is 11.7 Å². The molecule has 0 fully saturated rings. The molecule has 4 heteroatoms. The third-order valence-electron chi connectivity index (χ3n) is 1.16. The fourth-order valence-corrected chi connectivity index (χ4v) is 1.04. The third kappa shape index (κ3) is 3.63. The van der Waals surface area contributed by atoms with E-state index in [9.17, 15) is 4.79 Å². The van der Waals surface area contributed by atoms with Crippen LogP contribution >= 0.6 is 23.2 Å². The Kier molecular flexibility index (Phi) is 5.34. The summed E-state index contributed by atoms with van der Waals surface area (Å²) < 4.78 is 0. The summed E-state index contributed by atoms with van der Waals surface area (Å²) in [6, 6.07) is 0. The van der Waals surface area contributed by atoms with Gasteiger partial charge in [-0.05, 0) is 24.9 Å². The van der Waals surface area contributed by atoms with Crippen molar-refractivity contribution < 1.29 is 4.79 Å². The Labute approximate surface area is 76.8 Å². The van der Waals surface area contributed by atoms with Crippen molar-refractivity contribution >= 4 is 28.6 Å². The van der Waals surface area contributed by atoms with Gasteiger partial charge in [0.25, 0.3) is 0 Å². The summed E-state index contributed by atoms with van der Waals surface area (Å²) in [5, 5.41) is -0.151. The molecule has 11 heavy (non-hydrogen) atoms. The predicted molar refractivity (Wildman–Crippen MR) is 47.9 cm³/mol. The number of carbonyl (C=O) groups excluding carboxylic acids is 1. The highest BCUT2D eigenvalue weighted by Gasteiger charge is 2.11. The molecule has 0 unspecified atom stereocenters. The average molecular weight is 196 g/mol. The van der Waals surface area contributed by atoms with Gasteiger partial charge in [-0.3, -0.25) is 9.69 Å². The molecule has 0 N–H and O–H groups in total. The van der Waals surface area contributed by atoms with Crippen LogP contribution < -0.4 is 0 Å². The van der Waals surface area contributed by atoms with Gasteiger partial charge in [0, 0.05) is 6.54 Å². The topological polar surface area (TPSA) is 20.3 Å². The first-order chi connectivity index (χ1) is 5.13. The molecule has 0 aliphatic carbocycles. The van der Waals surface area contributed by atoms with Crippen LogP contribution in [0, 0.1) is 0 Å². The second-order valence-electron chi connectivity index (χ2n) is 2.02. The van der Waals surface area contributed by atoms with Gasteiger partial charge in [0.15, 0.2) is 0 Å². The Bertz CT molecular complexity index is 168. The van der Waals surface area contributed by atoms with Crippen molar-refractivity contribution in [3.05, 3.63) is 11.2 Å². The van der Waals surface area contributed by atoms with Gasteiger partial charge in [0.05, 0.1) is 0 Å². The molecule has 0 radical (unpaired) electrons. The largest absolute Gasteiger partial charge is 0.321 e. The van der Waals surface area contributed by atoms with E-state index in [2.05, 4.69) is 0 Å². The maximum atomic E-state index is 10.7. The van der Waals surface area contributed by atoms with Crippen LogP contribution in [0.2, 0.25) is 0 Å². The van der Waals surface area contributed by atoms with Gasteiger partial charge in [-0.15, -0.1) is 0 Å². The summed E-state index contributed by atoms with van der Waals surface area (Å²) in [4.78, 5) is 12.0. The summed E-state index contributed by atoms with van der Waals surface area (Å²) >= 11 is 10.9. The third-order valence-corrected chi connectivity index (χ3v) is 1.78. The Morgan fingerprint density at radius 1 is 1.55 bits per heavy atom. The lowest BCUT2D eigenvalue weighted by atomic mass is 10.4. The Hall–Kier alpha value is -0.210. The number of amides is 1. The Morgan fingerprint density at radius 2 is 2.09 bits per heavy atom. The quantitative estimate of drug-likeness (QED) is 0.501. The Morgan fingerprint density at radius 3 is 2.36 bits per heavy atom. The summed E-state index contributed by atoms with van der Waals surface area (Å²) in [6.45, 7) is 4.27. The molecular weight excluding hydrogens is 185 g/mol. The van der Waals surface area contributed by atoms with Crippen LogP contribution in [0.15, 0.2) is 11.2 Å². The molecule has 1 amide bonds. The molecule has 0 aliphatic rings. The van der Waals surface area contributed by atoms with E-state index in [1.54, 1.807) is 13.0 Å². The first kappa shape index (κ1) is 10.8. The van der Waals surface area contributed by atoms with Crippen molar-refractivity contribution in [2.45, 2.75) is 20.3 Å². The van der Waals surface area contributed by atoms with E-state index in [0.717, 1.165) is 6.42 Å². The molecule has 0 atom stereocenters. The van der Waals surface area contributed by atoms with E-state index in [1.807, 2.05) is 6.92 Å². The maximum Gasteiger partial charge on any atom is 0.321 e. The fraction of sp³-hybridized carbons (Fsp3) is 0.571. The number of nitrogens with zero attached hydrogens (tertiary/aromatic N) is 1. The highest BCUT2D eigenvalue weighted by Crippen LogP contribution is 2.12. The van der Waals surface area contributed by atoms with Crippen LogP contribution in [0.3, 0.4) is 0 Å².